The summed E-state index contributed by atoms with van der Waals surface area (Å²) >= 11 is 0. The summed E-state index contributed by atoms with van der Waals surface area (Å²) in [4.78, 5) is 19.9. The van der Waals surface area contributed by atoms with Gasteiger partial charge >= 0.3 is 5.97 Å². The normalized spacial score (nSPS) is 12.1. The Labute approximate surface area is 199 Å². The lowest BCUT2D eigenvalue weighted by atomic mass is 9.97. The Hall–Kier alpha value is -4.05. The number of hydrogen-bond acceptors (Lipinski definition) is 6. The topological polar surface area (TPSA) is 93.6 Å². The fourth-order valence-corrected chi connectivity index (χ4v) is 4.03. The first-order chi connectivity index (χ1) is 16.6. The van der Waals surface area contributed by atoms with Crippen molar-refractivity contribution < 1.29 is 19.4 Å². The van der Waals surface area contributed by atoms with Crippen LogP contribution in [0, 0.1) is 12.3 Å². The monoisotopic (exact) mass is 457 g/mol. The minimum atomic E-state index is -0.829. The van der Waals surface area contributed by atoms with Gasteiger partial charge < -0.3 is 19.9 Å². The molecule has 0 unspecified atom stereocenters. The highest BCUT2D eigenvalue weighted by atomic mass is 16.6. The number of aromatic nitrogens is 2. The van der Waals surface area contributed by atoms with Crippen LogP contribution in [0.1, 0.15) is 35.6 Å². The lowest BCUT2D eigenvalue weighted by Crippen LogP contribution is -2.16. The summed E-state index contributed by atoms with van der Waals surface area (Å²) in [6.45, 7) is 3.76. The van der Waals surface area contributed by atoms with Gasteiger partial charge in [0, 0.05) is 23.7 Å². The molecule has 0 atom stereocenters. The van der Waals surface area contributed by atoms with Crippen molar-refractivity contribution in [2.45, 2.75) is 32.6 Å². The van der Waals surface area contributed by atoms with Gasteiger partial charge in [-0.25, -0.2) is 9.97 Å². The highest BCUT2D eigenvalue weighted by molar-refractivity contribution is 5.72. The van der Waals surface area contributed by atoms with E-state index in [1.165, 1.54) is 6.33 Å². The van der Waals surface area contributed by atoms with E-state index in [4.69, 9.17) is 15.9 Å². The number of anilines is 1. The van der Waals surface area contributed by atoms with Gasteiger partial charge in [-0.15, -0.1) is 6.42 Å². The van der Waals surface area contributed by atoms with Gasteiger partial charge in [0.1, 0.15) is 25.4 Å². The SMILES string of the molecule is C#Cc1cc2c(cc1CCNc1cc(-c3ccc(CC(=O)O)c(CCC)c3)ncn1)OCCO2. The molecule has 2 heterocycles. The summed E-state index contributed by atoms with van der Waals surface area (Å²) in [6.07, 6.45) is 9.70. The maximum Gasteiger partial charge on any atom is 0.307 e. The predicted octanol–water partition coefficient (Wildman–Crippen LogP) is 4.13. The second-order valence-corrected chi connectivity index (χ2v) is 8.07. The number of benzene rings is 2. The third kappa shape index (κ3) is 5.46. The lowest BCUT2D eigenvalue weighted by Gasteiger charge is -2.20. The average molecular weight is 458 g/mol. The highest BCUT2D eigenvalue weighted by Gasteiger charge is 2.15. The van der Waals surface area contributed by atoms with Gasteiger partial charge in [0.15, 0.2) is 11.5 Å². The zero-order valence-corrected chi connectivity index (χ0v) is 19.1. The van der Waals surface area contributed by atoms with Crippen LogP contribution in [0.5, 0.6) is 11.5 Å². The summed E-state index contributed by atoms with van der Waals surface area (Å²) in [7, 11) is 0. The van der Waals surface area contributed by atoms with E-state index in [0.717, 1.165) is 52.1 Å². The molecule has 174 valence electrons. The third-order valence-corrected chi connectivity index (χ3v) is 5.65. The van der Waals surface area contributed by atoms with Crippen LogP contribution >= 0.6 is 0 Å². The number of rotatable bonds is 9. The van der Waals surface area contributed by atoms with Gasteiger partial charge in [-0.05, 0) is 47.7 Å². The number of carboxylic acid groups (broad SMARTS) is 1. The van der Waals surface area contributed by atoms with Crippen molar-refractivity contribution in [3.63, 3.8) is 0 Å². The molecule has 0 bridgehead atoms. The van der Waals surface area contributed by atoms with Gasteiger partial charge in [0.25, 0.3) is 0 Å². The number of carbonyl (C=O) groups is 1. The molecule has 1 aromatic heterocycles. The molecule has 0 aliphatic carbocycles. The molecule has 2 aromatic carbocycles. The number of carboxylic acids is 1. The van der Waals surface area contributed by atoms with Crippen LogP contribution in [0.2, 0.25) is 0 Å². The van der Waals surface area contributed by atoms with Gasteiger partial charge in [-0.3, -0.25) is 4.79 Å². The summed E-state index contributed by atoms with van der Waals surface area (Å²) in [5.74, 6) is 4.02. The number of nitrogens with zero attached hydrogens (tertiary/aromatic N) is 2. The first kappa shape index (κ1) is 23.1. The largest absolute Gasteiger partial charge is 0.486 e. The molecular formula is C27H27N3O4. The minimum Gasteiger partial charge on any atom is -0.486 e. The first-order valence-corrected chi connectivity index (χ1v) is 11.4. The Bertz CT molecular complexity index is 1230. The van der Waals surface area contributed by atoms with Crippen molar-refractivity contribution in [3.8, 4) is 35.1 Å². The predicted molar refractivity (Wildman–Crippen MR) is 130 cm³/mol. The fourth-order valence-electron chi connectivity index (χ4n) is 4.03. The van der Waals surface area contributed by atoms with Gasteiger partial charge in [-0.1, -0.05) is 31.4 Å². The minimum absolute atomic E-state index is 0.0195. The standard InChI is InChI=1S/C27H27N3O4/c1-3-5-19-12-22(7-6-20(19)15-27(31)32)23-16-26(30-17-29-23)28-9-8-21-14-25-24(13-18(21)4-2)33-10-11-34-25/h2,6-7,12-14,16-17H,3,5,8-11,15H2,1H3,(H,31,32)(H,28,29,30). The Morgan fingerprint density at radius 2 is 1.85 bits per heavy atom. The van der Waals surface area contributed by atoms with Crippen molar-refractivity contribution in [3.05, 3.63) is 65.0 Å². The Morgan fingerprint density at radius 1 is 1.06 bits per heavy atom. The summed E-state index contributed by atoms with van der Waals surface area (Å²) < 4.78 is 11.3. The van der Waals surface area contributed by atoms with Crippen molar-refractivity contribution in [2.24, 2.45) is 0 Å². The van der Waals surface area contributed by atoms with E-state index in [2.05, 4.69) is 28.1 Å². The number of ether oxygens (including phenoxy) is 2. The van der Waals surface area contributed by atoms with Crippen LogP contribution in [0.4, 0.5) is 5.82 Å². The van der Waals surface area contributed by atoms with Crippen LogP contribution in [-0.2, 0) is 24.1 Å². The zero-order valence-electron chi connectivity index (χ0n) is 19.1. The van der Waals surface area contributed by atoms with E-state index in [1.54, 1.807) is 0 Å². The van der Waals surface area contributed by atoms with Gasteiger partial charge in [0.05, 0.1) is 12.1 Å². The molecule has 4 rings (SSSR count). The van der Waals surface area contributed by atoms with Crippen molar-refractivity contribution in [2.75, 3.05) is 25.1 Å². The summed E-state index contributed by atoms with van der Waals surface area (Å²) in [5.41, 5.74) is 5.39. The average Bonchev–Trinajstić information content (AvgIpc) is 2.84. The molecule has 1 aliphatic rings. The third-order valence-electron chi connectivity index (χ3n) is 5.65. The molecule has 2 N–H and O–H groups in total. The fraction of sp³-hybridized carbons (Fsp3) is 0.296. The molecule has 0 saturated carbocycles. The molecule has 0 saturated heterocycles. The van der Waals surface area contributed by atoms with Gasteiger partial charge in [0.2, 0.25) is 0 Å². The molecule has 7 heteroatoms. The number of hydrogen-bond donors (Lipinski definition) is 2. The van der Waals surface area contributed by atoms with E-state index in [9.17, 15) is 9.90 Å². The Balaban J connectivity index is 1.47. The molecule has 0 fully saturated rings. The number of aryl methyl sites for hydroxylation is 1. The number of aliphatic carboxylic acids is 1. The van der Waals surface area contributed by atoms with Crippen molar-refractivity contribution in [1.82, 2.24) is 9.97 Å². The van der Waals surface area contributed by atoms with Crippen LogP contribution in [0.25, 0.3) is 11.3 Å². The molecule has 0 amide bonds. The Kier molecular flexibility index (Phi) is 7.28. The van der Waals surface area contributed by atoms with E-state index in [1.807, 2.05) is 36.4 Å². The van der Waals surface area contributed by atoms with Crippen LogP contribution < -0.4 is 14.8 Å². The van der Waals surface area contributed by atoms with E-state index >= 15 is 0 Å². The number of fused-ring (bicyclic) bond motifs is 1. The smallest absolute Gasteiger partial charge is 0.307 e. The number of nitrogens with one attached hydrogen (secondary N) is 1. The highest BCUT2D eigenvalue weighted by Crippen LogP contribution is 2.33. The quantitative estimate of drug-likeness (QED) is 0.467. The number of terminal acetylenes is 1. The maximum absolute atomic E-state index is 11.2. The summed E-state index contributed by atoms with van der Waals surface area (Å²) in [5, 5.41) is 12.5. The van der Waals surface area contributed by atoms with Crippen LogP contribution in [0.3, 0.4) is 0 Å². The van der Waals surface area contributed by atoms with E-state index in [0.29, 0.717) is 37.7 Å². The second kappa shape index (κ2) is 10.7. The lowest BCUT2D eigenvalue weighted by molar-refractivity contribution is -0.136. The maximum atomic E-state index is 11.2. The summed E-state index contributed by atoms with van der Waals surface area (Å²) in [6, 6.07) is 11.5. The zero-order chi connectivity index (χ0) is 23.9. The van der Waals surface area contributed by atoms with Gasteiger partial charge in [-0.2, -0.15) is 0 Å². The van der Waals surface area contributed by atoms with E-state index in [-0.39, 0.29) is 6.42 Å². The molecule has 3 aromatic rings. The van der Waals surface area contributed by atoms with Crippen LogP contribution in [-0.4, -0.2) is 40.8 Å². The van der Waals surface area contributed by atoms with E-state index < -0.39 is 5.97 Å². The first-order valence-electron chi connectivity index (χ1n) is 11.4. The Morgan fingerprint density at radius 3 is 2.59 bits per heavy atom. The molecule has 0 spiro atoms. The van der Waals surface area contributed by atoms with Crippen molar-refractivity contribution in [1.29, 1.82) is 0 Å². The second-order valence-electron chi connectivity index (χ2n) is 8.07. The van der Waals surface area contributed by atoms with Crippen molar-refractivity contribution >= 4 is 11.8 Å². The molecule has 7 nitrogen and oxygen atoms in total. The molecule has 0 radical (unpaired) electrons. The molecular weight excluding hydrogens is 430 g/mol. The molecule has 34 heavy (non-hydrogen) atoms. The molecule has 1 aliphatic heterocycles. The van der Waals surface area contributed by atoms with Crippen LogP contribution in [0.15, 0.2) is 42.7 Å².